The van der Waals surface area contributed by atoms with E-state index in [2.05, 4.69) is 15.9 Å². The van der Waals surface area contributed by atoms with Crippen LogP contribution in [0.25, 0.3) is 0 Å². The maximum absolute atomic E-state index is 12.6. The van der Waals surface area contributed by atoms with Gasteiger partial charge in [-0.2, -0.15) is 0 Å². The fourth-order valence-corrected chi connectivity index (χ4v) is 3.37. The first-order valence-corrected chi connectivity index (χ1v) is 9.05. The van der Waals surface area contributed by atoms with Gasteiger partial charge in [0.05, 0.1) is 16.7 Å². The Morgan fingerprint density at radius 2 is 1.55 bits per heavy atom. The van der Waals surface area contributed by atoms with E-state index in [1.165, 1.54) is 11.4 Å². The summed E-state index contributed by atoms with van der Waals surface area (Å²) in [5.41, 5.74) is 0.582. The van der Waals surface area contributed by atoms with Crippen molar-refractivity contribution in [3.8, 4) is 5.75 Å². The monoisotopic (exact) mass is 383 g/mol. The number of ether oxygens (including phenoxy) is 1. The van der Waals surface area contributed by atoms with E-state index in [-0.39, 0.29) is 11.0 Å². The van der Waals surface area contributed by atoms with Crippen molar-refractivity contribution < 1.29 is 13.2 Å². The van der Waals surface area contributed by atoms with Gasteiger partial charge < -0.3 is 4.74 Å². The second kappa shape index (κ2) is 6.71. The normalized spacial score (nSPS) is 11.5. The number of rotatable bonds is 5. The van der Waals surface area contributed by atoms with E-state index in [4.69, 9.17) is 4.74 Å². The van der Waals surface area contributed by atoms with E-state index in [0.717, 1.165) is 4.47 Å². The molecular weight excluding hydrogens is 366 g/mol. The lowest BCUT2D eigenvalue weighted by molar-refractivity contribution is 0.242. The molecule has 6 heteroatoms. The second-order valence-electron chi connectivity index (χ2n) is 5.09. The Morgan fingerprint density at radius 1 is 1.00 bits per heavy atom. The summed E-state index contributed by atoms with van der Waals surface area (Å²) in [5, 5.41) is 0. The zero-order chi connectivity index (χ0) is 16.3. The minimum atomic E-state index is -3.57. The van der Waals surface area contributed by atoms with Crippen LogP contribution in [0.5, 0.6) is 5.75 Å². The molecule has 0 bridgehead atoms. The molecule has 0 saturated heterocycles. The third kappa shape index (κ3) is 3.81. The molecule has 0 aliphatic carbocycles. The first-order chi connectivity index (χ1) is 10.3. The molecule has 0 saturated carbocycles. The summed E-state index contributed by atoms with van der Waals surface area (Å²) in [6.45, 7) is 3.88. The lowest BCUT2D eigenvalue weighted by atomic mass is 10.3. The molecule has 0 radical (unpaired) electrons. The standard InChI is InChI=1S/C16H18BrNO3S/c1-12(2)21-15-8-6-14(7-9-15)18(3)22(19,20)16-10-4-13(17)5-11-16/h4-12H,1-3H3. The Hall–Kier alpha value is -1.53. The molecule has 0 aliphatic heterocycles. The molecule has 0 heterocycles. The summed E-state index contributed by atoms with van der Waals surface area (Å²) >= 11 is 3.30. The highest BCUT2D eigenvalue weighted by molar-refractivity contribution is 9.10. The van der Waals surface area contributed by atoms with Crippen LogP contribution < -0.4 is 9.04 Å². The van der Waals surface area contributed by atoms with Crippen LogP contribution in [0.1, 0.15) is 13.8 Å². The Kier molecular flexibility index (Phi) is 5.13. The molecule has 4 nitrogen and oxygen atoms in total. The van der Waals surface area contributed by atoms with Gasteiger partial charge in [0.2, 0.25) is 0 Å². The van der Waals surface area contributed by atoms with E-state index in [1.807, 2.05) is 13.8 Å². The van der Waals surface area contributed by atoms with Crippen LogP contribution in [0.4, 0.5) is 5.69 Å². The molecule has 0 amide bonds. The lowest BCUT2D eigenvalue weighted by Crippen LogP contribution is -2.26. The maximum atomic E-state index is 12.6. The third-order valence-electron chi connectivity index (χ3n) is 3.04. The van der Waals surface area contributed by atoms with Crippen LogP contribution in [0, 0.1) is 0 Å². The SMILES string of the molecule is CC(C)Oc1ccc(N(C)S(=O)(=O)c2ccc(Br)cc2)cc1. The molecule has 0 unspecified atom stereocenters. The molecule has 0 atom stereocenters. The van der Waals surface area contributed by atoms with Gasteiger partial charge in [0.25, 0.3) is 10.0 Å². The van der Waals surface area contributed by atoms with Crippen molar-refractivity contribution in [2.24, 2.45) is 0 Å². The van der Waals surface area contributed by atoms with E-state index in [0.29, 0.717) is 11.4 Å². The molecule has 0 aliphatic rings. The van der Waals surface area contributed by atoms with Gasteiger partial charge in [-0.3, -0.25) is 4.31 Å². The summed E-state index contributed by atoms with van der Waals surface area (Å²) in [6, 6.07) is 13.6. The molecule has 0 N–H and O–H groups in total. The number of anilines is 1. The molecule has 2 aromatic carbocycles. The van der Waals surface area contributed by atoms with Crippen molar-refractivity contribution in [1.82, 2.24) is 0 Å². The van der Waals surface area contributed by atoms with Crippen molar-refractivity contribution in [2.45, 2.75) is 24.8 Å². The molecule has 22 heavy (non-hydrogen) atoms. The van der Waals surface area contributed by atoms with Gasteiger partial charge in [0.1, 0.15) is 5.75 Å². The number of hydrogen-bond donors (Lipinski definition) is 0. The predicted molar refractivity (Wildman–Crippen MR) is 91.9 cm³/mol. The van der Waals surface area contributed by atoms with Crippen molar-refractivity contribution >= 4 is 31.6 Å². The van der Waals surface area contributed by atoms with Crippen LogP contribution in [-0.2, 0) is 10.0 Å². The highest BCUT2D eigenvalue weighted by Gasteiger charge is 2.21. The molecule has 0 aromatic heterocycles. The summed E-state index contributed by atoms with van der Waals surface area (Å²) in [7, 11) is -2.04. The van der Waals surface area contributed by atoms with Crippen LogP contribution >= 0.6 is 15.9 Å². The number of benzene rings is 2. The van der Waals surface area contributed by atoms with Gasteiger partial charge in [0.15, 0.2) is 0 Å². The quantitative estimate of drug-likeness (QED) is 0.781. The van der Waals surface area contributed by atoms with Gasteiger partial charge in [-0.05, 0) is 62.4 Å². The van der Waals surface area contributed by atoms with E-state index >= 15 is 0 Å². The smallest absolute Gasteiger partial charge is 0.264 e. The number of sulfonamides is 1. The first-order valence-electron chi connectivity index (χ1n) is 6.82. The molecule has 118 valence electrons. The van der Waals surface area contributed by atoms with Gasteiger partial charge >= 0.3 is 0 Å². The van der Waals surface area contributed by atoms with Crippen molar-refractivity contribution in [2.75, 3.05) is 11.4 Å². The number of halogens is 1. The Labute approximate surface area is 139 Å². The second-order valence-corrected chi connectivity index (χ2v) is 7.97. The lowest BCUT2D eigenvalue weighted by Gasteiger charge is -2.20. The van der Waals surface area contributed by atoms with E-state index in [1.54, 1.807) is 48.5 Å². The zero-order valence-electron chi connectivity index (χ0n) is 12.7. The number of nitrogens with zero attached hydrogens (tertiary/aromatic N) is 1. The summed E-state index contributed by atoms with van der Waals surface area (Å²) in [4.78, 5) is 0.251. The molecule has 0 fully saturated rings. The van der Waals surface area contributed by atoms with Crippen LogP contribution in [0.2, 0.25) is 0 Å². The largest absolute Gasteiger partial charge is 0.491 e. The minimum Gasteiger partial charge on any atom is -0.491 e. The van der Waals surface area contributed by atoms with Crippen LogP contribution in [0.3, 0.4) is 0 Å². The van der Waals surface area contributed by atoms with E-state index in [9.17, 15) is 8.42 Å². The topological polar surface area (TPSA) is 46.6 Å². The summed E-state index contributed by atoms with van der Waals surface area (Å²) in [5.74, 6) is 0.716. The van der Waals surface area contributed by atoms with Gasteiger partial charge in [-0.15, -0.1) is 0 Å². The molecule has 2 rings (SSSR count). The molecular formula is C16H18BrNO3S. The summed E-state index contributed by atoms with van der Waals surface area (Å²) < 4.78 is 32.8. The fourth-order valence-electron chi connectivity index (χ4n) is 1.91. The number of hydrogen-bond acceptors (Lipinski definition) is 3. The highest BCUT2D eigenvalue weighted by Crippen LogP contribution is 2.25. The molecule has 2 aromatic rings. The Morgan fingerprint density at radius 3 is 2.05 bits per heavy atom. The van der Waals surface area contributed by atoms with Crippen LogP contribution in [-0.4, -0.2) is 21.6 Å². The van der Waals surface area contributed by atoms with Crippen molar-refractivity contribution in [1.29, 1.82) is 0 Å². The minimum absolute atomic E-state index is 0.0788. The van der Waals surface area contributed by atoms with Gasteiger partial charge in [0, 0.05) is 11.5 Å². The first kappa shape index (κ1) is 16.8. The van der Waals surface area contributed by atoms with Gasteiger partial charge in [-0.1, -0.05) is 15.9 Å². The maximum Gasteiger partial charge on any atom is 0.264 e. The van der Waals surface area contributed by atoms with Gasteiger partial charge in [-0.25, -0.2) is 8.42 Å². The average Bonchev–Trinajstić information content (AvgIpc) is 2.47. The van der Waals surface area contributed by atoms with Crippen LogP contribution in [0.15, 0.2) is 57.9 Å². The fraction of sp³-hybridized carbons (Fsp3) is 0.250. The Balaban J connectivity index is 2.26. The summed E-state index contributed by atoms with van der Waals surface area (Å²) in [6.07, 6.45) is 0.0788. The third-order valence-corrected chi connectivity index (χ3v) is 5.37. The zero-order valence-corrected chi connectivity index (χ0v) is 15.1. The van der Waals surface area contributed by atoms with Crippen molar-refractivity contribution in [3.63, 3.8) is 0 Å². The van der Waals surface area contributed by atoms with Crippen molar-refractivity contribution in [3.05, 3.63) is 53.0 Å². The molecule has 0 spiro atoms. The highest BCUT2D eigenvalue weighted by atomic mass is 79.9. The Bertz CT molecular complexity index is 725. The predicted octanol–water partition coefficient (Wildman–Crippen LogP) is 4.06. The van der Waals surface area contributed by atoms with E-state index < -0.39 is 10.0 Å². The average molecular weight is 384 g/mol.